The Morgan fingerprint density at radius 1 is 1.07 bits per heavy atom. The molecule has 0 N–H and O–H groups in total. The summed E-state index contributed by atoms with van der Waals surface area (Å²) in [4.78, 5) is 50.2. The van der Waals surface area contributed by atoms with Crippen LogP contribution in [0.1, 0.15) is 19.3 Å². The van der Waals surface area contributed by atoms with Gasteiger partial charge in [-0.15, -0.1) is 5.10 Å². The van der Waals surface area contributed by atoms with Crippen LogP contribution in [0.15, 0.2) is 41.2 Å². The van der Waals surface area contributed by atoms with Crippen LogP contribution in [-0.2, 0) is 25.9 Å². The number of benzene rings is 1. The molecule has 2 amide bonds. The molecule has 1 fully saturated rings. The van der Waals surface area contributed by atoms with Crippen molar-refractivity contribution < 1.29 is 19.1 Å². The number of imide groups is 1. The fourth-order valence-corrected chi connectivity index (χ4v) is 3.61. The molecule has 2 heterocycles. The van der Waals surface area contributed by atoms with E-state index in [1.165, 1.54) is 0 Å². The first kappa shape index (κ1) is 18.0. The molecule has 28 heavy (non-hydrogen) atoms. The van der Waals surface area contributed by atoms with Gasteiger partial charge < -0.3 is 4.74 Å². The van der Waals surface area contributed by atoms with Crippen LogP contribution in [0.2, 0.25) is 0 Å². The normalized spacial score (nSPS) is 21.2. The van der Waals surface area contributed by atoms with Gasteiger partial charge in [0.2, 0.25) is 11.8 Å². The number of esters is 1. The van der Waals surface area contributed by atoms with Crippen molar-refractivity contribution in [3.8, 4) is 0 Å². The molecule has 4 rings (SSSR count). The summed E-state index contributed by atoms with van der Waals surface area (Å²) < 4.78 is 6.02. The maximum atomic E-state index is 12.4. The molecule has 0 saturated carbocycles. The van der Waals surface area contributed by atoms with Gasteiger partial charge in [0.25, 0.3) is 5.56 Å². The van der Waals surface area contributed by atoms with E-state index in [0.717, 1.165) is 9.58 Å². The van der Waals surface area contributed by atoms with Crippen LogP contribution in [0.25, 0.3) is 10.9 Å². The summed E-state index contributed by atoms with van der Waals surface area (Å²) >= 11 is 0. The maximum absolute atomic E-state index is 12.4. The topological polar surface area (TPSA) is 111 Å². The molecule has 0 spiro atoms. The number of amides is 2. The number of allylic oxidation sites excluding steroid dienone is 2. The third kappa shape index (κ3) is 3.19. The molecule has 144 valence electrons. The predicted molar refractivity (Wildman–Crippen MR) is 96.6 cm³/mol. The maximum Gasteiger partial charge on any atom is 0.309 e. The lowest BCUT2D eigenvalue weighted by Gasteiger charge is -2.14. The second-order valence-corrected chi connectivity index (χ2v) is 6.79. The highest BCUT2D eigenvalue weighted by molar-refractivity contribution is 6.05. The number of likely N-dealkylation sites (tertiary alicyclic amines) is 1. The monoisotopic (exact) mass is 382 g/mol. The van der Waals surface area contributed by atoms with Gasteiger partial charge in [-0.25, -0.2) is 0 Å². The van der Waals surface area contributed by atoms with Gasteiger partial charge in [0.05, 0.1) is 23.6 Å². The number of carbonyl (C=O) groups excluding carboxylic acids is 3. The highest BCUT2D eigenvalue weighted by Gasteiger charge is 2.46. The summed E-state index contributed by atoms with van der Waals surface area (Å²) in [5.74, 6) is -1.73. The second-order valence-electron chi connectivity index (χ2n) is 6.79. The van der Waals surface area contributed by atoms with Crippen LogP contribution in [0, 0.1) is 11.8 Å². The number of hydrogen-bond acceptors (Lipinski definition) is 7. The van der Waals surface area contributed by atoms with Crippen LogP contribution in [0.5, 0.6) is 0 Å². The molecule has 0 radical (unpaired) electrons. The number of fused-ring (bicyclic) bond motifs is 2. The number of rotatable bonds is 5. The Kier molecular flexibility index (Phi) is 4.72. The first-order chi connectivity index (χ1) is 13.6. The highest BCUT2D eigenvalue weighted by Crippen LogP contribution is 2.34. The molecular weight excluding hydrogens is 364 g/mol. The Morgan fingerprint density at radius 3 is 2.46 bits per heavy atom. The number of ether oxygens (including phenoxy) is 1. The van der Waals surface area contributed by atoms with Crippen molar-refractivity contribution in [3.05, 3.63) is 46.8 Å². The first-order valence-corrected chi connectivity index (χ1v) is 9.04. The summed E-state index contributed by atoms with van der Waals surface area (Å²) in [7, 11) is 0. The SMILES string of the molecule is O=C(CCN1C(=O)[C@H]2CC=CC[C@H]2C1=O)OCn1nnc2ccccc2c1=O. The third-order valence-corrected chi connectivity index (χ3v) is 5.12. The van der Waals surface area contributed by atoms with Crippen LogP contribution in [0.3, 0.4) is 0 Å². The molecule has 1 aliphatic heterocycles. The minimum Gasteiger partial charge on any atom is -0.442 e. The quantitative estimate of drug-likeness (QED) is 0.424. The number of aromatic nitrogens is 3. The zero-order chi connectivity index (χ0) is 19.7. The van der Waals surface area contributed by atoms with E-state index in [1.807, 2.05) is 12.2 Å². The third-order valence-electron chi connectivity index (χ3n) is 5.12. The van der Waals surface area contributed by atoms with E-state index >= 15 is 0 Å². The van der Waals surface area contributed by atoms with Crippen molar-refractivity contribution in [2.45, 2.75) is 26.0 Å². The average Bonchev–Trinajstić information content (AvgIpc) is 2.96. The lowest BCUT2D eigenvalue weighted by Crippen LogP contribution is -2.34. The molecule has 1 aromatic carbocycles. The van der Waals surface area contributed by atoms with Gasteiger partial charge in [-0.05, 0) is 25.0 Å². The number of nitrogens with zero attached hydrogens (tertiary/aromatic N) is 4. The highest BCUT2D eigenvalue weighted by atomic mass is 16.5. The summed E-state index contributed by atoms with van der Waals surface area (Å²) in [5.41, 5.74) is 0.0389. The van der Waals surface area contributed by atoms with Crippen LogP contribution >= 0.6 is 0 Å². The second kappa shape index (κ2) is 7.34. The Labute approximate surface area is 159 Å². The zero-order valence-electron chi connectivity index (χ0n) is 15.0. The van der Waals surface area contributed by atoms with E-state index < -0.39 is 11.5 Å². The predicted octanol–water partition coefficient (Wildman–Crippen LogP) is 0.633. The average molecular weight is 382 g/mol. The van der Waals surface area contributed by atoms with Crippen LogP contribution < -0.4 is 5.56 Å². The molecule has 9 heteroatoms. The standard InChI is InChI=1S/C19H18N4O5/c24-16(9-10-22-17(25)12-5-1-2-6-13(12)18(22)26)28-11-23-19(27)14-7-3-4-8-15(14)20-21-23/h1-4,7-8,12-13H,5-6,9-11H2/t12-,13+. The molecule has 2 aromatic rings. The van der Waals surface area contributed by atoms with Crippen molar-refractivity contribution in [2.24, 2.45) is 11.8 Å². The zero-order valence-corrected chi connectivity index (χ0v) is 15.0. The van der Waals surface area contributed by atoms with Crippen molar-refractivity contribution >= 4 is 28.7 Å². The Bertz CT molecular complexity index is 1020. The van der Waals surface area contributed by atoms with E-state index in [-0.39, 0.29) is 43.3 Å². The Morgan fingerprint density at radius 2 is 1.75 bits per heavy atom. The van der Waals surface area contributed by atoms with E-state index in [4.69, 9.17) is 4.74 Å². The lowest BCUT2D eigenvalue weighted by molar-refractivity contribution is -0.149. The van der Waals surface area contributed by atoms with E-state index in [1.54, 1.807) is 24.3 Å². The summed E-state index contributed by atoms with van der Waals surface area (Å²) in [5, 5.41) is 8.02. The van der Waals surface area contributed by atoms with E-state index in [9.17, 15) is 19.2 Å². The van der Waals surface area contributed by atoms with Gasteiger partial charge in [0.15, 0.2) is 6.73 Å². The van der Waals surface area contributed by atoms with Gasteiger partial charge in [0.1, 0.15) is 5.52 Å². The Hall–Kier alpha value is -3.36. The fourth-order valence-electron chi connectivity index (χ4n) is 3.61. The first-order valence-electron chi connectivity index (χ1n) is 9.04. The van der Waals surface area contributed by atoms with Crippen LogP contribution in [0.4, 0.5) is 0 Å². The number of carbonyl (C=O) groups is 3. The molecule has 1 aromatic heterocycles. The molecule has 0 bridgehead atoms. The van der Waals surface area contributed by atoms with Gasteiger partial charge in [-0.3, -0.25) is 24.1 Å². The summed E-state index contributed by atoms with van der Waals surface area (Å²) in [6.45, 7) is -0.408. The molecule has 1 saturated heterocycles. The smallest absolute Gasteiger partial charge is 0.309 e. The largest absolute Gasteiger partial charge is 0.442 e. The van der Waals surface area contributed by atoms with Crippen molar-refractivity contribution in [3.63, 3.8) is 0 Å². The van der Waals surface area contributed by atoms with Gasteiger partial charge in [0, 0.05) is 6.54 Å². The van der Waals surface area contributed by atoms with E-state index in [0.29, 0.717) is 23.7 Å². The molecule has 2 aliphatic rings. The van der Waals surface area contributed by atoms with Gasteiger partial charge in [-0.1, -0.05) is 29.5 Å². The molecule has 1 aliphatic carbocycles. The minimum atomic E-state index is -0.629. The van der Waals surface area contributed by atoms with Crippen molar-refractivity contribution in [1.82, 2.24) is 19.9 Å². The van der Waals surface area contributed by atoms with Gasteiger partial charge >= 0.3 is 5.97 Å². The fraction of sp³-hybridized carbons (Fsp3) is 0.368. The summed E-state index contributed by atoms with van der Waals surface area (Å²) in [6.07, 6.45) is 4.79. The lowest BCUT2D eigenvalue weighted by atomic mass is 9.85. The van der Waals surface area contributed by atoms with Crippen LogP contribution in [-0.4, -0.2) is 44.2 Å². The molecule has 9 nitrogen and oxygen atoms in total. The minimum absolute atomic E-state index is 0.0260. The molecule has 0 unspecified atom stereocenters. The number of hydrogen-bond donors (Lipinski definition) is 0. The van der Waals surface area contributed by atoms with Crippen molar-refractivity contribution in [1.29, 1.82) is 0 Å². The van der Waals surface area contributed by atoms with E-state index in [2.05, 4.69) is 10.3 Å². The summed E-state index contributed by atoms with van der Waals surface area (Å²) in [6, 6.07) is 6.73. The van der Waals surface area contributed by atoms with Crippen molar-refractivity contribution in [2.75, 3.05) is 6.54 Å². The Balaban J connectivity index is 1.34. The molecule has 2 atom stereocenters. The molecular formula is C19H18N4O5. The van der Waals surface area contributed by atoms with Gasteiger partial charge in [-0.2, -0.15) is 4.68 Å².